The number of aliphatic hydroxyl groups excluding tert-OH is 1. The van der Waals surface area contributed by atoms with Crippen molar-refractivity contribution in [1.29, 1.82) is 0 Å². The third-order valence-corrected chi connectivity index (χ3v) is 2.42. The second kappa shape index (κ2) is 7.25. The number of rotatable bonds is 7. The van der Waals surface area contributed by atoms with E-state index in [0.29, 0.717) is 13.2 Å². The largest absolute Gasteiger partial charge is 0.389 e. The van der Waals surface area contributed by atoms with Gasteiger partial charge in [-0.05, 0) is 18.1 Å². The first-order valence-electron chi connectivity index (χ1n) is 5.76. The van der Waals surface area contributed by atoms with Crippen LogP contribution in [0, 0.1) is 0 Å². The van der Waals surface area contributed by atoms with E-state index < -0.39 is 6.10 Å². The number of nitrogens with one attached hydrogen (secondary N) is 1. The molecular weight excluding hydrogens is 202 g/mol. The smallest absolute Gasteiger partial charge is 0.0945 e. The quantitative estimate of drug-likeness (QED) is 0.743. The summed E-state index contributed by atoms with van der Waals surface area (Å²) >= 11 is 0. The van der Waals surface area contributed by atoms with Gasteiger partial charge < -0.3 is 15.2 Å². The molecule has 3 nitrogen and oxygen atoms in total. The molecule has 0 radical (unpaired) electrons. The summed E-state index contributed by atoms with van der Waals surface area (Å²) in [5.41, 5.74) is 2.41. The minimum absolute atomic E-state index is 0.364. The van der Waals surface area contributed by atoms with E-state index in [-0.39, 0.29) is 0 Å². The van der Waals surface area contributed by atoms with Gasteiger partial charge in [0.05, 0.1) is 12.7 Å². The van der Waals surface area contributed by atoms with Crippen molar-refractivity contribution in [1.82, 2.24) is 0 Å². The number of aliphatic hydroxyl groups is 1. The normalized spacial score (nSPS) is 12.4. The fourth-order valence-corrected chi connectivity index (χ4v) is 1.66. The van der Waals surface area contributed by atoms with Gasteiger partial charge in [0.1, 0.15) is 0 Å². The maximum absolute atomic E-state index is 9.54. The number of para-hydroxylation sites is 1. The van der Waals surface area contributed by atoms with Gasteiger partial charge in [0.25, 0.3) is 0 Å². The molecule has 1 atom stereocenters. The SMILES string of the molecule is CCCc1ccccc1NCC(O)COC. The highest BCUT2D eigenvalue weighted by Crippen LogP contribution is 2.16. The van der Waals surface area contributed by atoms with Crippen molar-refractivity contribution in [2.45, 2.75) is 25.9 Å². The molecule has 16 heavy (non-hydrogen) atoms. The van der Waals surface area contributed by atoms with Crippen molar-refractivity contribution in [2.24, 2.45) is 0 Å². The summed E-state index contributed by atoms with van der Waals surface area (Å²) in [6.07, 6.45) is 1.72. The topological polar surface area (TPSA) is 41.5 Å². The van der Waals surface area contributed by atoms with Crippen LogP contribution in [0.25, 0.3) is 0 Å². The number of hydrogen-bond acceptors (Lipinski definition) is 3. The second-order valence-electron chi connectivity index (χ2n) is 3.90. The molecule has 1 unspecified atom stereocenters. The summed E-state index contributed by atoms with van der Waals surface area (Å²) in [6.45, 7) is 3.05. The highest BCUT2D eigenvalue weighted by Gasteiger charge is 2.05. The molecule has 0 heterocycles. The molecule has 1 aromatic rings. The van der Waals surface area contributed by atoms with E-state index in [2.05, 4.69) is 18.3 Å². The zero-order chi connectivity index (χ0) is 11.8. The standard InChI is InChI=1S/C13H21NO2/c1-3-6-11-7-4-5-8-13(11)14-9-12(15)10-16-2/h4-5,7-8,12,14-15H,3,6,9-10H2,1-2H3. The Bertz CT molecular complexity index is 302. The monoisotopic (exact) mass is 223 g/mol. The molecule has 0 fully saturated rings. The van der Waals surface area contributed by atoms with Crippen LogP contribution in [0.15, 0.2) is 24.3 Å². The first kappa shape index (κ1) is 13.0. The number of anilines is 1. The third-order valence-electron chi connectivity index (χ3n) is 2.42. The molecule has 0 aliphatic carbocycles. The summed E-state index contributed by atoms with van der Waals surface area (Å²) in [6, 6.07) is 8.21. The van der Waals surface area contributed by atoms with Crippen LogP contribution in [-0.2, 0) is 11.2 Å². The lowest BCUT2D eigenvalue weighted by Gasteiger charge is -2.14. The van der Waals surface area contributed by atoms with E-state index in [1.54, 1.807) is 7.11 Å². The summed E-state index contributed by atoms with van der Waals surface area (Å²) in [5.74, 6) is 0. The maximum Gasteiger partial charge on any atom is 0.0945 e. The molecule has 0 aliphatic rings. The lowest BCUT2D eigenvalue weighted by Crippen LogP contribution is -2.24. The fourth-order valence-electron chi connectivity index (χ4n) is 1.66. The fraction of sp³-hybridized carbons (Fsp3) is 0.538. The second-order valence-corrected chi connectivity index (χ2v) is 3.90. The van der Waals surface area contributed by atoms with E-state index in [1.807, 2.05) is 18.2 Å². The van der Waals surface area contributed by atoms with Crippen LogP contribution in [-0.4, -0.2) is 31.5 Å². The van der Waals surface area contributed by atoms with Crippen molar-refractivity contribution in [2.75, 3.05) is 25.6 Å². The first-order chi connectivity index (χ1) is 7.77. The minimum Gasteiger partial charge on any atom is -0.389 e. The van der Waals surface area contributed by atoms with Crippen LogP contribution < -0.4 is 5.32 Å². The van der Waals surface area contributed by atoms with Gasteiger partial charge in [0.2, 0.25) is 0 Å². The van der Waals surface area contributed by atoms with Crippen molar-refractivity contribution >= 4 is 5.69 Å². The van der Waals surface area contributed by atoms with Gasteiger partial charge in [-0.2, -0.15) is 0 Å². The third kappa shape index (κ3) is 4.21. The van der Waals surface area contributed by atoms with E-state index >= 15 is 0 Å². The zero-order valence-electron chi connectivity index (χ0n) is 10.1. The maximum atomic E-state index is 9.54. The van der Waals surface area contributed by atoms with Crippen molar-refractivity contribution in [3.05, 3.63) is 29.8 Å². The van der Waals surface area contributed by atoms with Gasteiger partial charge in [-0.15, -0.1) is 0 Å². The molecule has 3 heteroatoms. The number of aryl methyl sites for hydroxylation is 1. The Balaban J connectivity index is 2.52. The average molecular weight is 223 g/mol. The molecule has 90 valence electrons. The number of ether oxygens (including phenoxy) is 1. The molecular formula is C13H21NO2. The molecule has 0 spiro atoms. The number of benzene rings is 1. The van der Waals surface area contributed by atoms with Gasteiger partial charge in [-0.3, -0.25) is 0 Å². The summed E-state index contributed by atoms with van der Waals surface area (Å²) in [4.78, 5) is 0. The molecule has 0 saturated heterocycles. The van der Waals surface area contributed by atoms with Gasteiger partial charge in [-0.25, -0.2) is 0 Å². The van der Waals surface area contributed by atoms with Gasteiger partial charge in [-0.1, -0.05) is 31.5 Å². The van der Waals surface area contributed by atoms with E-state index in [0.717, 1.165) is 18.5 Å². The average Bonchev–Trinajstić information content (AvgIpc) is 2.29. The van der Waals surface area contributed by atoms with Gasteiger partial charge in [0.15, 0.2) is 0 Å². The molecule has 1 rings (SSSR count). The van der Waals surface area contributed by atoms with Crippen molar-refractivity contribution in [3.63, 3.8) is 0 Å². The molecule has 0 aromatic heterocycles. The zero-order valence-corrected chi connectivity index (χ0v) is 10.1. The molecule has 2 N–H and O–H groups in total. The Morgan fingerprint density at radius 3 is 2.81 bits per heavy atom. The summed E-state index contributed by atoms with van der Waals surface area (Å²) in [5, 5.41) is 12.8. The first-order valence-corrected chi connectivity index (χ1v) is 5.76. The molecule has 0 saturated carbocycles. The van der Waals surface area contributed by atoms with Crippen LogP contribution in [0.2, 0.25) is 0 Å². The Hall–Kier alpha value is -1.06. The number of methoxy groups -OCH3 is 1. The minimum atomic E-state index is -0.459. The summed E-state index contributed by atoms with van der Waals surface area (Å²) in [7, 11) is 1.59. The van der Waals surface area contributed by atoms with E-state index in [9.17, 15) is 5.11 Å². The van der Waals surface area contributed by atoms with Crippen molar-refractivity contribution in [3.8, 4) is 0 Å². The van der Waals surface area contributed by atoms with Crippen LogP contribution in [0.3, 0.4) is 0 Å². The Morgan fingerprint density at radius 1 is 1.38 bits per heavy atom. The molecule has 0 amide bonds. The lowest BCUT2D eigenvalue weighted by molar-refractivity contribution is 0.0727. The van der Waals surface area contributed by atoms with Crippen LogP contribution in [0.1, 0.15) is 18.9 Å². The lowest BCUT2D eigenvalue weighted by atomic mass is 10.1. The highest BCUT2D eigenvalue weighted by atomic mass is 16.5. The Morgan fingerprint density at radius 2 is 2.12 bits per heavy atom. The Labute approximate surface area is 97.4 Å². The highest BCUT2D eigenvalue weighted by molar-refractivity contribution is 5.51. The predicted molar refractivity (Wildman–Crippen MR) is 66.8 cm³/mol. The van der Waals surface area contributed by atoms with Crippen LogP contribution >= 0.6 is 0 Å². The van der Waals surface area contributed by atoms with Gasteiger partial charge >= 0.3 is 0 Å². The Kier molecular flexibility index (Phi) is 5.90. The predicted octanol–water partition coefficient (Wildman–Crippen LogP) is 2.06. The summed E-state index contributed by atoms with van der Waals surface area (Å²) < 4.78 is 4.88. The molecule has 0 aliphatic heterocycles. The molecule has 1 aromatic carbocycles. The van der Waals surface area contributed by atoms with E-state index in [1.165, 1.54) is 5.56 Å². The van der Waals surface area contributed by atoms with Crippen molar-refractivity contribution < 1.29 is 9.84 Å². The van der Waals surface area contributed by atoms with Crippen LogP contribution in [0.5, 0.6) is 0 Å². The number of hydrogen-bond donors (Lipinski definition) is 2. The van der Waals surface area contributed by atoms with Gasteiger partial charge in [0, 0.05) is 19.3 Å². The molecule has 0 bridgehead atoms. The van der Waals surface area contributed by atoms with E-state index in [4.69, 9.17) is 4.74 Å². The van der Waals surface area contributed by atoms with Crippen LogP contribution in [0.4, 0.5) is 5.69 Å².